The molecule has 1 rings (SSSR count). The lowest BCUT2D eigenvalue weighted by molar-refractivity contribution is 0.402. The Balaban J connectivity index is 2.19. The average Bonchev–Trinajstić information content (AvgIpc) is 2.25. The lowest BCUT2D eigenvalue weighted by Gasteiger charge is -2.20. The van der Waals surface area contributed by atoms with Crippen LogP contribution in [0.3, 0.4) is 0 Å². The molecule has 2 N–H and O–H groups in total. The van der Waals surface area contributed by atoms with Crippen LogP contribution in [-0.2, 0) is 0 Å². The molecule has 3 heteroatoms. The molecule has 0 saturated heterocycles. The van der Waals surface area contributed by atoms with Crippen molar-refractivity contribution >= 4 is 5.84 Å². The number of hydrogen-bond donors (Lipinski definition) is 1. The Morgan fingerprint density at radius 2 is 1.93 bits per heavy atom. The number of rotatable bonds is 5. The van der Waals surface area contributed by atoms with E-state index in [1.165, 1.54) is 32.1 Å². The molecule has 0 spiro atoms. The highest BCUT2D eigenvalue weighted by molar-refractivity contribution is 5.82. The van der Waals surface area contributed by atoms with E-state index in [1.54, 1.807) is 0 Å². The molecule has 0 heterocycles. The standard InChI is InChI=1S/C12H25N3/c1-15(2)10-6-9-14-12(13)11-7-4-3-5-8-11/h11H,3-10H2,1-2H3,(H2,13,14). The summed E-state index contributed by atoms with van der Waals surface area (Å²) in [6.07, 6.45) is 7.66. The van der Waals surface area contributed by atoms with E-state index in [4.69, 9.17) is 5.73 Å². The topological polar surface area (TPSA) is 41.6 Å². The van der Waals surface area contributed by atoms with E-state index in [-0.39, 0.29) is 0 Å². The molecule has 15 heavy (non-hydrogen) atoms. The van der Waals surface area contributed by atoms with Gasteiger partial charge in [0.2, 0.25) is 0 Å². The predicted molar refractivity (Wildman–Crippen MR) is 66.2 cm³/mol. The van der Waals surface area contributed by atoms with Crippen LogP contribution < -0.4 is 5.73 Å². The Bertz CT molecular complexity index is 193. The first-order valence-electron chi connectivity index (χ1n) is 6.14. The van der Waals surface area contributed by atoms with Crippen LogP contribution in [0.5, 0.6) is 0 Å². The highest BCUT2D eigenvalue weighted by Crippen LogP contribution is 2.23. The van der Waals surface area contributed by atoms with Gasteiger partial charge in [0.15, 0.2) is 0 Å². The predicted octanol–water partition coefficient (Wildman–Crippen LogP) is 1.88. The van der Waals surface area contributed by atoms with E-state index in [0.29, 0.717) is 5.92 Å². The Labute approximate surface area is 93.7 Å². The minimum atomic E-state index is 0.582. The Kier molecular flexibility index (Phi) is 5.69. The maximum Gasteiger partial charge on any atom is 0.0968 e. The second-order valence-electron chi connectivity index (χ2n) is 4.80. The van der Waals surface area contributed by atoms with Crippen LogP contribution in [0.4, 0.5) is 0 Å². The summed E-state index contributed by atoms with van der Waals surface area (Å²) >= 11 is 0. The quantitative estimate of drug-likeness (QED) is 0.428. The van der Waals surface area contributed by atoms with E-state index in [2.05, 4.69) is 24.0 Å². The first-order valence-corrected chi connectivity index (χ1v) is 6.14. The lowest BCUT2D eigenvalue weighted by Crippen LogP contribution is -2.26. The Morgan fingerprint density at radius 1 is 1.27 bits per heavy atom. The number of nitrogens with two attached hydrogens (primary N) is 1. The van der Waals surface area contributed by atoms with Gasteiger partial charge in [-0.05, 0) is 39.9 Å². The van der Waals surface area contributed by atoms with Gasteiger partial charge in [-0.2, -0.15) is 0 Å². The van der Waals surface area contributed by atoms with Gasteiger partial charge in [0.25, 0.3) is 0 Å². The largest absolute Gasteiger partial charge is 0.387 e. The first-order chi connectivity index (χ1) is 7.20. The average molecular weight is 211 g/mol. The fourth-order valence-electron chi connectivity index (χ4n) is 2.12. The second-order valence-corrected chi connectivity index (χ2v) is 4.80. The van der Waals surface area contributed by atoms with Crippen LogP contribution in [-0.4, -0.2) is 37.9 Å². The van der Waals surface area contributed by atoms with Gasteiger partial charge in [-0.15, -0.1) is 0 Å². The molecule has 0 aromatic carbocycles. The maximum absolute atomic E-state index is 6.00. The summed E-state index contributed by atoms with van der Waals surface area (Å²) in [5.41, 5.74) is 6.00. The van der Waals surface area contributed by atoms with E-state index in [0.717, 1.165) is 25.3 Å². The van der Waals surface area contributed by atoms with Crippen LogP contribution >= 0.6 is 0 Å². The molecule has 1 aliphatic carbocycles. The molecule has 0 aliphatic heterocycles. The summed E-state index contributed by atoms with van der Waals surface area (Å²) < 4.78 is 0. The van der Waals surface area contributed by atoms with Crippen molar-refractivity contribution in [2.45, 2.75) is 38.5 Å². The maximum atomic E-state index is 6.00. The normalized spacial score (nSPS) is 19.8. The zero-order valence-electron chi connectivity index (χ0n) is 10.2. The molecular weight excluding hydrogens is 186 g/mol. The third-order valence-corrected chi connectivity index (χ3v) is 3.08. The number of nitrogens with zero attached hydrogens (tertiary/aromatic N) is 2. The van der Waals surface area contributed by atoms with Gasteiger partial charge >= 0.3 is 0 Å². The Morgan fingerprint density at radius 3 is 2.53 bits per heavy atom. The van der Waals surface area contributed by atoms with Gasteiger partial charge in [0.05, 0.1) is 5.84 Å². The minimum absolute atomic E-state index is 0.582. The van der Waals surface area contributed by atoms with Crippen molar-refractivity contribution in [3.8, 4) is 0 Å². The summed E-state index contributed by atoms with van der Waals surface area (Å²) in [5, 5.41) is 0. The second kappa shape index (κ2) is 6.83. The molecule has 1 aliphatic rings. The van der Waals surface area contributed by atoms with E-state index in [1.807, 2.05) is 0 Å². The zero-order valence-corrected chi connectivity index (χ0v) is 10.2. The molecule has 0 amide bonds. The number of amidine groups is 1. The number of aliphatic imine (C=N–C) groups is 1. The van der Waals surface area contributed by atoms with Crippen molar-refractivity contribution in [3.63, 3.8) is 0 Å². The molecule has 0 aromatic heterocycles. The lowest BCUT2D eigenvalue weighted by atomic mass is 9.88. The molecule has 0 aromatic rings. The summed E-state index contributed by atoms with van der Waals surface area (Å²) in [7, 11) is 4.18. The SMILES string of the molecule is CN(C)CCCN=C(N)C1CCCCC1. The molecule has 0 atom stereocenters. The van der Waals surface area contributed by atoms with E-state index in [9.17, 15) is 0 Å². The first kappa shape index (κ1) is 12.5. The summed E-state index contributed by atoms with van der Waals surface area (Å²) in [4.78, 5) is 6.67. The molecular formula is C12H25N3. The molecule has 1 saturated carbocycles. The van der Waals surface area contributed by atoms with Gasteiger partial charge in [0, 0.05) is 12.5 Å². The van der Waals surface area contributed by atoms with Gasteiger partial charge in [-0.1, -0.05) is 19.3 Å². The highest BCUT2D eigenvalue weighted by Gasteiger charge is 2.16. The monoisotopic (exact) mass is 211 g/mol. The van der Waals surface area contributed by atoms with Crippen molar-refractivity contribution in [2.24, 2.45) is 16.6 Å². The molecule has 0 radical (unpaired) electrons. The van der Waals surface area contributed by atoms with Crippen molar-refractivity contribution < 1.29 is 0 Å². The fourth-order valence-corrected chi connectivity index (χ4v) is 2.12. The van der Waals surface area contributed by atoms with Gasteiger partial charge in [-0.3, -0.25) is 4.99 Å². The third-order valence-electron chi connectivity index (χ3n) is 3.08. The molecule has 1 fully saturated rings. The molecule has 3 nitrogen and oxygen atoms in total. The van der Waals surface area contributed by atoms with Gasteiger partial charge in [0.1, 0.15) is 0 Å². The van der Waals surface area contributed by atoms with Gasteiger partial charge < -0.3 is 10.6 Å². The van der Waals surface area contributed by atoms with Crippen LogP contribution in [0.15, 0.2) is 4.99 Å². The summed E-state index contributed by atoms with van der Waals surface area (Å²) in [6.45, 7) is 1.99. The van der Waals surface area contributed by atoms with Crippen LogP contribution in [0.1, 0.15) is 38.5 Å². The molecule has 0 unspecified atom stereocenters. The van der Waals surface area contributed by atoms with E-state index < -0.39 is 0 Å². The van der Waals surface area contributed by atoms with Crippen molar-refractivity contribution in [1.82, 2.24) is 4.90 Å². The van der Waals surface area contributed by atoms with Crippen molar-refractivity contribution in [2.75, 3.05) is 27.2 Å². The Hall–Kier alpha value is -0.570. The number of hydrogen-bond acceptors (Lipinski definition) is 2. The smallest absolute Gasteiger partial charge is 0.0968 e. The van der Waals surface area contributed by atoms with Gasteiger partial charge in [-0.25, -0.2) is 0 Å². The fraction of sp³-hybridized carbons (Fsp3) is 0.917. The zero-order chi connectivity index (χ0) is 11.1. The molecule has 0 bridgehead atoms. The summed E-state index contributed by atoms with van der Waals surface area (Å²) in [5.74, 6) is 1.49. The molecule has 88 valence electrons. The van der Waals surface area contributed by atoms with Crippen LogP contribution in [0.25, 0.3) is 0 Å². The van der Waals surface area contributed by atoms with Crippen molar-refractivity contribution in [1.29, 1.82) is 0 Å². The van der Waals surface area contributed by atoms with Crippen molar-refractivity contribution in [3.05, 3.63) is 0 Å². The minimum Gasteiger partial charge on any atom is -0.387 e. The van der Waals surface area contributed by atoms with E-state index >= 15 is 0 Å². The van der Waals surface area contributed by atoms with Crippen LogP contribution in [0, 0.1) is 5.92 Å². The summed E-state index contributed by atoms with van der Waals surface area (Å²) in [6, 6.07) is 0. The third kappa shape index (κ3) is 5.17. The highest BCUT2D eigenvalue weighted by atomic mass is 15.0. The van der Waals surface area contributed by atoms with Crippen LogP contribution in [0.2, 0.25) is 0 Å².